The molecule has 8 nitrogen and oxygen atoms in total. The van der Waals surface area contributed by atoms with Gasteiger partial charge >= 0.3 is 0 Å². The minimum Gasteiger partial charge on any atom is -0.365 e. The van der Waals surface area contributed by atoms with Crippen LogP contribution in [0.1, 0.15) is 39.0 Å². The topological polar surface area (TPSA) is 114 Å². The summed E-state index contributed by atoms with van der Waals surface area (Å²) in [5.41, 5.74) is 0.632. The van der Waals surface area contributed by atoms with Gasteiger partial charge in [0.2, 0.25) is 10.0 Å². The lowest BCUT2D eigenvalue weighted by Crippen LogP contribution is -2.38. The van der Waals surface area contributed by atoms with Gasteiger partial charge in [0.1, 0.15) is 4.75 Å². The molecule has 0 amide bonds. The van der Waals surface area contributed by atoms with E-state index >= 15 is 0 Å². The second-order valence-corrected chi connectivity index (χ2v) is 12.1. The maximum absolute atomic E-state index is 14.7. The van der Waals surface area contributed by atoms with Crippen LogP contribution in [0.3, 0.4) is 0 Å². The first-order chi connectivity index (χ1) is 17.2. The SMILES string of the molecule is CC1(S(=O)(=O)n2cc(-c3ncc(F)c(N[C@H]4CCC[C@@H](C#N)C4)n3)c3cccnc32)C=C(Cl)C=CC1. The Bertz CT molecular complexity index is 1540. The van der Waals surface area contributed by atoms with Crippen molar-refractivity contribution in [2.24, 2.45) is 5.92 Å². The molecule has 3 heterocycles. The van der Waals surface area contributed by atoms with Gasteiger partial charge in [-0.3, -0.25) is 0 Å². The fourth-order valence-electron chi connectivity index (χ4n) is 4.83. The van der Waals surface area contributed by atoms with E-state index in [1.165, 1.54) is 18.5 Å². The molecule has 2 aliphatic carbocycles. The van der Waals surface area contributed by atoms with E-state index in [-0.39, 0.29) is 35.7 Å². The highest BCUT2D eigenvalue weighted by molar-refractivity contribution is 7.91. The molecule has 3 aromatic rings. The van der Waals surface area contributed by atoms with Gasteiger partial charge in [-0.25, -0.2) is 31.7 Å². The molecule has 0 spiro atoms. The summed E-state index contributed by atoms with van der Waals surface area (Å²) in [6.45, 7) is 1.61. The minimum absolute atomic E-state index is 0.0235. The van der Waals surface area contributed by atoms with Crippen LogP contribution >= 0.6 is 11.6 Å². The van der Waals surface area contributed by atoms with Crippen LogP contribution in [0.5, 0.6) is 0 Å². The van der Waals surface area contributed by atoms with Gasteiger partial charge in [0.15, 0.2) is 23.1 Å². The van der Waals surface area contributed by atoms with Crippen LogP contribution in [0.4, 0.5) is 10.2 Å². The molecule has 1 unspecified atom stereocenters. The van der Waals surface area contributed by atoms with Gasteiger partial charge in [0, 0.05) is 40.3 Å². The first kappa shape index (κ1) is 24.4. The Morgan fingerprint density at radius 1 is 1.33 bits per heavy atom. The lowest BCUT2D eigenvalue weighted by Gasteiger charge is -2.27. The summed E-state index contributed by atoms with van der Waals surface area (Å²) in [7, 11) is -3.99. The van der Waals surface area contributed by atoms with Gasteiger partial charge in [-0.2, -0.15) is 5.26 Å². The van der Waals surface area contributed by atoms with Gasteiger partial charge in [-0.15, -0.1) is 0 Å². The van der Waals surface area contributed by atoms with E-state index in [2.05, 4.69) is 26.3 Å². The number of aromatic nitrogens is 4. The fraction of sp³-hybridized carbons (Fsp3) is 0.360. The highest BCUT2D eigenvalue weighted by Gasteiger charge is 2.40. The second-order valence-electron chi connectivity index (χ2n) is 9.39. The molecule has 1 N–H and O–H groups in total. The summed E-state index contributed by atoms with van der Waals surface area (Å²) in [4.78, 5) is 12.9. The molecule has 1 fully saturated rings. The van der Waals surface area contributed by atoms with Gasteiger partial charge in [-0.1, -0.05) is 24.1 Å². The van der Waals surface area contributed by atoms with Crippen molar-refractivity contribution < 1.29 is 12.8 Å². The van der Waals surface area contributed by atoms with Crippen molar-refractivity contribution in [1.29, 1.82) is 5.26 Å². The zero-order valence-electron chi connectivity index (χ0n) is 19.5. The van der Waals surface area contributed by atoms with Crippen LogP contribution in [0.2, 0.25) is 0 Å². The van der Waals surface area contributed by atoms with E-state index in [0.717, 1.165) is 29.4 Å². The average molecular weight is 527 g/mol. The van der Waals surface area contributed by atoms with Crippen molar-refractivity contribution in [2.75, 3.05) is 5.32 Å². The number of nitrogens with one attached hydrogen (secondary N) is 1. The predicted molar refractivity (Wildman–Crippen MR) is 136 cm³/mol. The molecule has 0 aromatic carbocycles. The standard InChI is InChI=1S/C25H24ClFN6O2S/c1-25(9-3-6-17(26)12-25)36(34,35)33-15-20(19-8-4-10-29-24(19)33)22-30-14-21(27)23(32-22)31-18-7-2-5-16(11-18)13-28/h3-4,6,8,10,12,14-16,18H,2,5,7,9,11H2,1H3,(H,30,31,32)/t16-,18+,25?/m1/s1. The Balaban J connectivity index is 1.57. The smallest absolute Gasteiger partial charge is 0.249 e. The number of pyridine rings is 1. The summed E-state index contributed by atoms with van der Waals surface area (Å²) >= 11 is 6.15. The third-order valence-electron chi connectivity index (χ3n) is 6.81. The average Bonchev–Trinajstić information content (AvgIpc) is 3.26. The van der Waals surface area contributed by atoms with E-state index in [4.69, 9.17) is 11.6 Å². The molecule has 36 heavy (non-hydrogen) atoms. The van der Waals surface area contributed by atoms with Crippen LogP contribution in [0, 0.1) is 23.1 Å². The Hall–Kier alpha value is -3.29. The van der Waals surface area contributed by atoms with Crippen molar-refractivity contribution >= 4 is 38.5 Å². The number of nitriles is 1. The lowest BCUT2D eigenvalue weighted by atomic mass is 9.87. The second kappa shape index (κ2) is 9.30. The maximum atomic E-state index is 14.7. The van der Waals surface area contributed by atoms with Crippen LogP contribution in [-0.4, -0.2) is 38.1 Å². The number of fused-ring (bicyclic) bond motifs is 1. The van der Waals surface area contributed by atoms with Crippen molar-refractivity contribution in [3.05, 3.63) is 59.8 Å². The maximum Gasteiger partial charge on any atom is 0.249 e. The third kappa shape index (κ3) is 4.27. The fourth-order valence-corrected chi connectivity index (χ4v) is 6.87. The molecule has 0 bridgehead atoms. The molecule has 186 valence electrons. The summed E-state index contributed by atoms with van der Waals surface area (Å²) in [5, 5.41) is 13.3. The Kier molecular flexibility index (Phi) is 6.30. The molecule has 0 saturated heterocycles. The van der Waals surface area contributed by atoms with Crippen molar-refractivity contribution in [2.45, 2.75) is 49.8 Å². The van der Waals surface area contributed by atoms with Crippen LogP contribution in [-0.2, 0) is 10.0 Å². The number of allylic oxidation sites excluding steroid dienone is 3. The normalized spacial score (nSPS) is 24.3. The molecule has 0 radical (unpaired) electrons. The molecule has 11 heteroatoms. The van der Waals surface area contributed by atoms with Crippen molar-refractivity contribution in [3.8, 4) is 17.5 Å². The highest BCUT2D eigenvalue weighted by atomic mass is 35.5. The highest BCUT2D eigenvalue weighted by Crippen LogP contribution is 2.37. The van der Waals surface area contributed by atoms with Gasteiger partial charge in [-0.05, 0) is 56.9 Å². The van der Waals surface area contributed by atoms with E-state index < -0.39 is 20.6 Å². The largest absolute Gasteiger partial charge is 0.365 e. The molecule has 1 saturated carbocycles. The number of hydrogen-bond acceptors (Lipinski definition) is 7. The minimum atomic E-state index is -3.99. The van der Waals surface area contributed by atoms with E-state index in [0.29, 0.717) is 22.4 Å². The number of nitrogens with zero attached hydrogens (tertiary/aromatic N) is 5. The molecule has 5 rings (SSSR count). The summed E-state index contributed by atoms with van der Waals surface area (Å²) in [6, 6.07) is 5.63. The van der Waals surface area contributed by atoms with E-state index in [9.17, 15) is 18.1 Å². The zero-order chi connectivity index (χ0) is 25.5. The van der Waals surface area contributed by atoms with Crippen LogP contribution in [0.25, 0.3) is 22.4 Å². The van der Waals surface area contributed by atoms with E-state index in [1.807, 2.05) is 0 Å². The Morgan fingerprint density at radius 2 is 2.17 bits per heavy atom. The van der Waals surface area contributed by atoms with Gasteiger partial charge in [0.05, 0.1) is 12.3 Å². The number of anilines is 1. The van der Waals surface area contributed by atoms with Crippen molar-refractivity contribution in [3.63, 3.8) is 0 Å². The van der Waals surface area contributed by atoms with Gasteiger partial charge in [0.25, 0.3) is 0 Å². The van der Waals surface area contributed by atoms with E-state index in [1.54, 1.807) is 31.2 Å². The Labute approximate surface area is 213 Å². The lowest BCUT2D eigenvalue weighted by molar-refractivity contribution is 0.393. The first-order valence-electron chi connectivity index (χ1n) is 11.7. The summed E-state index contributed by atoms with van der Waals surface area (Å²) in [6.07, 6.45) is 12.3. The van der Waals surface area contributed by atoms with Crippen LogP contribution < -0.4 is 5.32 Å². The number of rotatable bonds is 5. The molecule has 2 aliphatic rings. The predicted octanol–water partition coefficient (Wildman–Crippen LogP) is 5.15. The van der Waals surface area contributed by atoms with Crippen LogP contribution in [0.15, 0.2) is 54.0 Å². The molecule has 0 aliphatic heterocycles. The monoisotopic (exact) mass is 526 g/mol. The number of hydrogen-bond donors (Lipinski definition) is 1. The first-order valence-corrected chi connectivity index (χ1v) is 13.5. The summed E-state index contributed by atoms with van der Waals surface area (Å²) in [5.74, 6) is -0.502. The molecule has 3 atom stereocenters. The quantitative estimate of drug-likeness (QED) is 0.489. The zero-order valence-corrected chi connectivity index (χ0v) is 21.1. The molecule has 3 aromatic heterocycles. The van der Waals surface area contributed by atoms with Gasteiger partial charge < -0.3 is 5.32 Å². The third-order valence-corrected chi connectivity index (χ3v) is 9.30. The molecular formula is C25H24ClFN6O2S. The molecular weight excluding hydrogens is 503 g/mol. The van der Waals surface area contributed by atoms with Crippen molar-refractivity contribution in [1.82, 2.24) is 18.9 Å². The Morgan fingerprint density at radius 3 is 2.94 bits per heavy atom. The number of halogens is 2. The summed E-state index contributed by atoms with van der Waals surface area (Å²) < 4.78 is 42.1.